The van der Waals surface area contributed by atoms with Crippen LogP contribution < -0.4 is 0 Å². The molecule has 12 aromatic rings. The fraction of sp³-hybridized carbons (Fsp3) is 0.0164. The molecule has 1 aliphatic rings. The molecule has 0 atom stereocenters. The first kappa shape index (κ1) is 35.5. The van der Waals surface area contributed by atoms with E-state index < -0.39 is 5.41 Å². The van der Waals surface area contributed by atoms with Crippen LogP contribution in [0.25, 0.3) is 88.4 Å². The smallest absolute Gasteiger partial charge is 0.0713 e. The van der Waals surface area contributed by atoms with Crippen molar-refractivity contribution in [1.82, 2.24) is 9.13 Å². The Morgan fingerprint density at radius 3 is 1.52 bits per heavy atom. The number of nitrogens with zero attached hydrogens (tertiary/aromatic N) is 2. The maximum absolute atomic E-state index is 2.49. The van der Waals surface area contributed by atoms with Gasteiger partial charge in [0.25, 0.3) is 0 Å². The molecule has 0 bridgehead atoms. The Morgan fingerprint density at radius 1 is 0.254 bits per heavy atom. The minimum atomic E-state index is -0.488. The molecule has 2 heterocycles. The van der Waals surface area contributed by atoms with E-state index in [9.17, 15) is 0 Å². The van der Waals surface area contributed by atoms with Gasteiger partial charge in [-0.2, -0.15) is 0 Å². The van der Waals surface area contributed by atoms with Gasteiger partial charge in [-0.05, 0) is 116 Å². The Bertz CT molecular complexity index is 3680. The zero-order chi connectivity index (χ0) is 41.5. The van der Waals surface area contributed by atoms with Crippen molar-refractivity contribution in [2.45, 2.75) is 5.41 Å². The predicted octanol–water partition coefficient (Wildman–Crippen LogP) is 15.6. The number of hydrogen-bond acceptors (Lipinski definition) is 0. The summed E-state index contributed by atoms with van der Waals surface area (Å²) in [5.41, 5.74) is 19.1. The molecule has 2 aromatic heterocycles. The van der Waals surface area contributed by atoms with Gasteiger partial charge in [0.05, 0.1) is 27.5 Å². The van der Waals surface area contributed by atoms with Crippen LogP contribution in [0.3, 0.4) is 0 Å². The van der Waals surface area contributed by atoms with Gasteiger partial charge in [0, 0.05) is 32.9 Å². The Hall–Kier alpha value is -8.20. The van der Waals surface area contributed by atoms with Gasteiger partial charge >= 0.3 is 0 Å². The fourth-order valence-electron chi connectivity index (χ4n) is 10.9. The first-order chi connectivity index (χ1) is 31.3. The van der Waals surface area contributed by atoms with Crippen molar-refractivity contribution >= 4 is 43.6 Å². The number of fused-ring (bicyclic) bond motifs is 9. The second-order valence-electron chi connectivity index (χ2n) is 16.8. The highest BCUT2D eigenvalue weighted by Gasteiger charge is 2.46. The molecule has 0 saturated heterocycles. The van der Waals surface area contributed by atoms with Crippen molar-refractivity contribution in [2.24, 2.45) is 0 Å². The second-order valence-corrected chi connectivity index (χ2v) is 16.8. The number of para-hydroxylation sites is 2. The van der Waals surface area contributed by atoms with Gasteiger partial charge in [-0.15, -0.1) is 0 Å². The second kappa shape index (κ2) is 13.9. The van der Waals surface area contributed by atoms with Crippen molar-refractivity contribution < 1.29 is 0 Å². The van der Waals surface area contributed by atoms with Crippen LogP contribution in [0.5, 0.6) is 0 Å². The molecule has 0 saturated carbocycles. The number of aromatic nitrogens is 2. The van der Waals surface area contributed by atoms with Gasteiger partial charge in [-0.3, -0.25) is 0 Å². The monoisotopic (exact) mass is 800 g/mol. The van der Waals surface area contributed by atoms with Gasteiger partial charge in [-0.25, -0.2) is 0 Å². The Morgan fingerprint density at radius 2 is 0.762 bits per heavy atom. The van der Waals surface area contributed by atoms with Gasteiger partial charge in [-0.1, -0.05) is 182 Å². The Labute approximate surface area is 366 Å². The number of hydrogen-bond donors (Lipinski definition) is 0. The summed E-state index contributed by atoms with van der Waals surface area (Å²) in [5.74, 6) is 0. The van der Waals surface area contributed by atoms with E-state index in [4.69, 9.17) is 0 Å². The predicted molar refractivity (Wildman–Crippen MR) is 263 cm³/mol. The molecular weight excluding hydrogens is 761 g/mol. The van der Waals surface area contributed by atoms with Crippen LogP contribution in [0, 0.1) is 0 Å². The molecule has 0 radical (unpaired) electrons. The van der Waals surface area contributed by atoms with Crippen molar-refractivity contribution in [3.8, 4) is 44.8 Å². The SMILES string of the molecule is c1ccc(-c2cccc(-n3c4ccc(C5(c6ccccc6)c6ccccc6-c6ccccc65)cc4c4ccc(-c5ccc6c(c5)c5ccccc5n6-c5ccccc5)cc43)c2)cc1. The molecule has 1 aliphatic carbocycles. The number of rotatable bonds is 6. The first-order valence-electron chi connectivity index (χ1n) is 21.8. The summed E-state index contributed by atoms with van der Waals surface area (Å²) >= 11 is 0. The highest BCUT2D eigenvalue weighted by atomic mass is 15.0. The van der Waals surface area contributed by atoms with Crippen LogP contribution in [-0.2, 0) is 5.41 Å². The van der Waals surface area contributed by atoms with Crippen molar-refractivity contribution in [1.29, 1.82) is 0 Å². The van der Waals surface area contributed by atoms with Crippen LogP contribution in [0.1, 0.15) is 22.3 Å². The molecule has 0 N–H and O–H groups in total. The van der Waals surface area contributed by atoms with Crippen molar-refractivity contribution in [3.63, 3.8) is 0 Å². The third-order valence-corrected chi connectivity index (χ3v) is 13.6. The summed E-state index contributed by atoms with van der Waals surface area (Å²) in [6.45, 7) is 0. The van der Waals surface area contributed by atoms with E-state index in [1.54, 1.807) is 0 Å². The summed E-state index contributed by atoms with van der Waals surface area (Å²) in [5, 5.41) is 4.96. The van der Waals surface area contributed by atoms with Crippen LogP contribution >= 0.6 is 0 Å². The molecule has 0 spiro atoms. The normalized spacial score (nSPS) is 12.9. The van der Waals surface area contributed by atoms with Gasteiger partial charge in [0.15, 0.2) is 0 Å². The van der Waals surface area contributed by atoms with Gasteiger partial charge < -0.3 is 9.13 Å². The molecule has 13 rings (SSSR count). The van der Waals surface area contributed by atoms with E-state index in [1.165, 1.54) is 99.2 Å². The third-order valence-electron chi connectivity index (χ3n) is 13.6. The van der Waals surface area contributed by atoms with E-state index >= 15 is 0 Å². The van der Waals surface area contributed by atoms with Crippen molar-refractivity contribution in [2.75, 3.05) is 0 Å². The average molecular weight is 801 g/mol. The molecule has 63 heavy (non-hydrogen) atoms. The van der Waals surface area contributed by atoms with E-state index in [0.717, 1.165) is 11.4 Å². The quantitative estimate of drug-likeness (QED) is 0.159. The molecule has 0 fully saturated rings. The molecule has 0 amide bonds. The minimum Gasteiger partial charge on any atom is -0.309 e. The van der Waals surface area contributed by atoms with Crippen molar-refractivity contribution in [3.05, 3.63) is 265 Å². The summed E-state index contributed by atoms with van der Waals surface area (Å²) in [4.78, 5) is 0. The lowest BCUT2D eigenvalue weighted by molar-refractivity contribution is 0.770. The van der Waals surface area contributed by atoms with Crippen LogP contribution in [-0.4, -0.2) is 9.13 Å². The first-order valence-corrected chi connectivity index (χ1v) is 21.8. The average Bonchev–Trinajstić information content (AvgIpc) is 3.98. The van der Waals surface area contributed by atoms with Crippen LogP contribution in [0.2, 0.25) is 0 Å². The topological polar surface area (TPSA) is 9.86 Å². The lowest BCUT2D eigenvalue weighted by Gasteiger charge is -2.34. The summed E-state index contributed by atoms with van der Waals surface area (Å²) < 4.78 is 4.87. The lowest BCUT2D eigenvalue weighted by Crippen LogP contribution is -2.28. The summed E-state index contributed by atoms with van der Waals surface area (Å²) in [7, 11) is 0. The molecule has 2 heteroatoms. The number of benzene rings is 10. The lowest BCUT2D eigenvalue weighted by atomic mass is 9.67. The van der Waals surface area contributed by atoms with Gasteiger partial charge in [0.2, 0.25) is 0 Å². The van der Waals surface area contributed by atoms with Crippen LogP contribution in [0.15, 0.2) is 243 Å². The zero-order valence-electron chi connectivity index (χ0n) is 34.5. The van der Waals surface area contributed by atoms with E-state index in [0.29, 0.717) is 0 Å². The standard InChI is InChI=1S/C61H40N2/c1-4-17-41(18-5-1)42-19-16-24-48(37-42)63-59-36-33-46(61(45-20-6-2-7-21-45)55-28-13-10-25-49(55)50-26-11-14-29-56(50)61)40-54(59)52-34-31-44(39-60(52)63)43-32-35-58-53(38-43)51-27-12-15-30-57(51)62(58)47-22-8-3-9-23-47/h1-40H. The zero-order valence-corrected chi connectivity index (χ0v) is 34.5. The largest absolute Gasteiger partial charge is 0.309 e. The molecule has 2 nitrogen and oxygen atoms in total. The van der Waals surface area contributed by atoms with Crippen LogP contribution in [0.4, 0.5) is 0 Å². The maximum atomic E-state index is 2.49. The highest BCUT2D eigenvalue weighted by Crippen LogP contribution is 2.56. The molecule has 294 valence electrons. The van der Waals surface area contributed by atoms with E-state index in [-0.39, 0.29) is 0 Å². The summed E-state index contributed by atoms with van der Waals surface area (Å²) in [6.07, 6.45) is 0. The van der Waals surface area contributed by atoms with Gasteiger partial charge in [0.1, 0.15) is 0 Å². The molecule has 0 unspecified atom stereocenters. The fourth-order valence-corrected chi connectivity index (χ4v) is 10.9. The highest BCUT2D eigenvalue weighted by molar-refractivity contribution is 6.13. The maximum Gasteiger partial charge on any atom is 0.0713 e. The Kier molecular flexibility index (Phi) is 7.85. The third kappa shape index (κ3) is 5.25. The minimum absolute atomic E-state index is 0.488. The molecule has 10 aromatic carbocycles. The van der Waals surface area contributed by atoms with E-state index in [1.807, 2.05) is 0 Å². The van der Waals surface area contributed by atoms with E-state index in [2.05, 4.69) is 252 Å². The summed E-state index contributed by atoms with van der Waals surface area (Å²) in [6, 6.07) is 89.6. The molecular formula is C61H40N2. The molecule has 0 aliphatic heterocycles. The Balaban J connectivity index is 1.07.